The van der Waals surface area contributed by atoms with Crippen LogP contribution in [-0.4, -0.2) is 243 Å². The number of aromatic nitrogens is 2. The molecule has 0 saturated carbocycles. The van der Waals surface area contributed by atoms with E-state index in [1.165, 1.54) is 6.92 Å². The van der Waals surface area contributed by atoms with Crippen LogP contribution in [0.1, 0.15) is 144 Å². The van der Waals surface area contributed by atoms with Crippen LogP contribution in [0.5, 0.6) is 0 Å². The first-order chi connectivity index (χ1) is 57.2. The highest BCUT2D eigenvalue weighted by molar-refractivity contribution is 7.80. The van der Waals surface area contributed by atoms with E-state index < -0.39 is 222 Å². The van der Waals surface area contributed by atoms with E-state index >= 15 is 0 Å². The van der Waals surface area contributed by atoms with E-state index in [2.05, 4.69) is 96.7 Å². The van der Waals surface area contributed by atoms with Crippen molar-refractivity contribution in [1.29, 1.82) is 0 Å². The number of rotatable bonds is 55. The van der Waals surface area contributed by atoms with Crippen molar-refractivity contribution in [2.24, 2.45) is 68.6 Å². The Balaban J connectivity index is 1.64. The lowest BCUT2D eigenvalue weighted by Gasteiger charge is -2.29. The van der Waals surface area contributed by atoms with Crippen LogP contribution in [0, 0.1) is 17.8 Å². The first-order valence-corrected chi connectivity index (χ1v) is 40.9. The number of H-pyrrole nitrogens is 2. The van der Waals surface area contributed by atoms with Crippen molar-refractivity contribution in [3.63, 3.8) is 0 Å². The fraction of sp³-hybridized carbons (Fsp3) is 0.577. The summed E-state index contributed by atoms with van der Waals surface area (Å²) in [5.41, 5.74) is 47.8. The predicted octanol–water partition coefficient (Wildman–Crippen LogP) is -6.32. The van der Waals surface area contributed by atoms with E-state index in [4.69, 9.17) is 45.9 Å². The minimum atomic E-state index is -2.02. The Bertz CT molecular complexity index is 4230. The molecular weight excluding hydrogens is 1590 g/mol. The molecule has 2 aromatic heterocycles. The molecule has 670 valence electrons. The van der Waals surface area contributed by atoms with Crippen LogP contribution in [0.25, 0.3) is 21.8 Å². The lowest BCUT2D eigenvalue weighted by Crippen LogP contribution is -2.63. The Labute approximate surface area is 706 Å². The van der Waals surface area contributed by atoms with Crippen molar-refractivity contribution in [2.45, 2.75) is 236 Å². The number of amides is 16. The van der Waals surface area contributed by atoms with Crippen LogP contribution in [-0.2, 0) is 89.6 Å². The highest BCUT2D eigenvalue weighted by Gasteiger charge is 2.40. The number of unbranched alkanes of at least 4 members (excludes halogenated alkanes) is 2. The smallest absolute Gasteiger partial charge is 0.245 e. The molecule has 43 heteroatoms. The molecular formula is C78H124N24O18S. The van der Waals surface area contributed by atoms with Gasteiger partial charge in [-0.1, -0.05) is 90.8 Å². The fourth-order valence-electron chi connectivity index (χ4n) is 12.8. The first-order valence-electron chi connectivity index (χ1n) is 40.3. The van der Waals surface area contributed by atoms with Gasteiger partial charge >= 0.3 is 0 Å². The number of nitrogens with one attached hydrogen (secondary N) is 15. The third-order valence-electron chi connectivity index (χ3n) is 20.2. The van der Waals surface area contributed by atoms with Gasteiger partial charge in [-0.05, 0) is 119 Å². The van der Waals surface area contributed by atoms with E-state index in [9.17, 15) is 86.9 Å². The zero-order valence-corrected chi connectivity index (χ0v) is 70.4. The number of nitrogens with two attached hydrogens (primary N) is 8. The van der Waals surface area contributed by atoms with Gasteiger partial charge in [0.1, 0.15) is 72.5 Å². The molecule has 33 N–H and O–H groups in total. The van der Waals surface area contributed by atoms with E-state index in [-0.39, 0.29) is 95.6 Å². The van der Waals surface area contributed by atoms with Crippen molar-refractivity contribution in [2.75, 3.05) is 31.9 Å². The average Bonchev–Trinajstić information content (AvgIpc) is 1.70. The number of aliphatic hydroxyl groups excluding tert-OH is 2. The molecule has 4 aromatic rings. The number of carbonyl (C=O) groups is 16. The van der Waals surface area contributed by atoms with Gasteiger partial charge in [-0.3, -0.25) is 81.7 Å². The van der Waals surface area contributed by atoms with E-state index in [1.807, 2.05) is 0 Å². The number of aliphatic imine (C=N–C) groups is 1. The molecule has 0 aliphatic heterocycles. The van der Waals surface area contributed by atoms with Gasteiger partial charge < -0.3 is 135 Å². The van der Waals surface area contributed by atoms with Crippen LogP contribution < -0.4 is 115 Å². The van der Waals surface area contributed by atoms with Gasteiger partial charge in [-0.25, -0.2) is 0 Å². The second-order valence-corrected chi connectivity index (χ2v) is 30.7. The summed E-state index contributed by atoms with van der Waals surface area (Å²) in [6.45, 7) is 11.9. The molecule has 4 rings (SSSR count). The van der Waals surface area contributed by atoms with Crippen LogP contribution in [0.2, 0.25) is 0 Å². The van der Waals surface area contributed by atoms with Gasteiger partial charge in [0.25, 0.3) is 0 Å². The molecule has 0 radical (unpaired) electrons. The molecule has 121 heavy (non-hydrogen) atoms. The summed E-state index contributed by atoms with van der Waals surface area (Å²) in [6.07, 6.45) is -1.96. The maximum atomic E-state index is 14.9. The molecule has 0 spiro atoms. The molecule has 17 atom stereocenters. The standard InChI is InChI=1S/C78H124N24O18S/c1-9-39(5)61(100-66(109)47(81)37-121)74(117)90-36-59(107)98-62(40(6)10-2)75(118)93-52(26-19-29-87-78(85)86)67(110)91-50(24-15-17-27-79)68(111)94-56(33-58(83)106)71(114)95-55(32-57(82)105)70(113)92-51(25-16-18-28-80)69(112)101-63(41(7)103)76(119)97-54(31-44-35-89-49-23-14-12-21-46(44)49)73(116)102-64(42(8)104)77(120)96-53(72(115)99-60(38(3)4)65(84)108)30-43-34-88-48-22-13-11-20-45(43)48/h11-14,20-23,34-35,38-42,47,50-56,60-64,88-89,103-104,121H,9-10,15-19,24-33,36-37,79-81H2,1-8H3,(H2,82,105)(H2,83,106)(H2,84,108)(H,90,117)(H,91,110)(H,92,113)(H,93,118)(H,94,111)(H,95,114)(H,96,120)(H,97,119)(H,98,107)(H,99,115)(H,100,109)(H,101,112)(H,102,116)(H4,85,86,87)/t39-,40-,41+,42+,47-,50-,51-,52-,53-,54-,55-,56-,60-,61-,62-,63-,64-/m0/s1. The number of primary amides is 3. The zero-order valence-electron chi connectivity index (χ0n) is 69.5. The van der Waals surface area contributed by atoms with Crippen molar-refractivity contribution in [1.82, 2.24) is 79.1 Å². The van der Waals surface area contributed by atoms with Gasteiger partial charge in [0, 0.05) is 59.3 Å². The number of thiol groups is 1. The monoisotopic (exact) mass is 1720 g/mol. The second kappa shape index (κ2) is 51.2. The maximum absolute atomic E-state index is 14.9. The molecule has 2 aromatic carbocycles. The Morgan fingerprint density at radius 1 is 0.421 bits per heavy atom. The Morgan fingerprint density at radius 2 is 0.769 bits per heavy atom. The molecule has 2 heterocycles. The summed E-state index contributed by atoms with van der Waals surface area (Å²) in [5.74, 6) is -18.3. The van der Waals surface area contributed by atoms with E-state index in [0.29, 0.717) is 45.8 Å². The fourth-order valence-corrected chi connectivity index (χ4v) is 13.0. The summed E-state index contributed by atoms with van der Waals surface area (Å²) >= 11 is 4.05. The lowest BCUT2D eigenvalue weighted by atomic mass is 9.97. The van der Waals surface area contributed by atoms with Crippen molar-refractivity contribution >= 4 is 135 Å². The molecule has 0 aliphatic carbocycles. The zero-order chi connectivity index (χ0) is 90.5. The summed E-state index contributed by atoms with van der Waals surface area (Å²) in [5, 5.41) is 56.4. The van der Waals surface area contributed by atoms with Crippen molar-refractivity contribution in [3.05, 3.63) is 72.1 Å². The SMILES string of the molecule is CC[C@H](C)[C@H](NC(=O)CNC(=O)[C@@H](NC(=O)[C@@H](N)CS)[C@@H](C)CC)C(=O)N[C@@H](CCCN=C(N)N)C(=O)N[C@@H](CCCCN)C(=O)N[C@@H](CC(N)=O)C(=O)N[C@@H](CC(N)=O)C(=O)N[C@@H](CCCCN)C(=O)N[C@H](C(=O)N[C@@H](Cc1c[nH]c2ccccc12)C(=O)N[C@H](C(=O)N[C@@H](Cc1c[nH]c2ccccc12)C(=O)N[C@H](C(N)=O)C(C)C)[C@@H](C)O)[C@@H](C)O. The molecule has 0 saturated heterocycles. The lowest BCUT2D eigenvalue weighted by molar-refractivity contribution is -0.138. The summed E-state index contributed by atoms with van der Waals surface area (Å²) in [4.78, 5) is 233. The van der Waals surface area contributed by atoms with Crippen LogP contribution in [0.15, 0.2) is 65.9 Å². The first kappa shape index (κ1) is 102. The number of fused-ring (bicyclic) bond motifs is 2. The maximum Gasteiger partial charge on any atom is 0.245 e. The van der Waals surface area contributed by atoms with Crippen molar-refractivity contribution in [3.8, 4) is 0 Å². The van der Waals surface area contributed by atoms with Crippen LogP contribution >= 0.6 is 12.6 Å². The molecule has 42 nitrogen and oxygen atoms in total. The highest BCUT2D eigenvalue weighted by atomic mass is 32.1. The second-order valence-electron chi connectivity index (χ2n) is 30.3. The minimum Gasteiger partial charge on any atom is -0.391 e. The van der Waals surface area contributed by atoms with Gasteiger partial charge in [0.05, 0.1) is 37.6 Å². The molecule has 0 unspecified atom stereocenters. The summed E-state index contributed by atoms with van der Waals surface area (Å²) in [7, 11) is 0. The highest BCUT2D eigenvalue weighted by Crippen LogP contribution is 2.23. The number of para-hydroxylation sites is 2. The number of aliphatic hydroxyl groups is 2. The van der Waals surface area contributed by atoms with Gasteiger partial charge in [0.2, 0.25) is 94.5 Å². The van der Waals surface area contributed by atoms with E-state index in [1.54, 1.807) is 102 Å². The largest absolute Gasteiger partial charge is 0.391 e. The quantitative estimate of drug-likeness (QED) is 0.00846. The topological polar surface area (TPSA) is 722 Å². The summed E-state index contributed by atoms with van der Waals surface area (Å²) in [6, 6.07) is -6.52. The predicted molar refractivity (Wildman–Crippen MR) is 452 cm³/mol. The number of carbonyl (C=O) groups excluding carboxylic acids is 16. The molecule has 0 fully saturated rings. The average molecular weight is 1720 g/mol. The van der Waals surface area contributed by atoms with Gasteiger partial charge in [-0.15, -0.1) is 0 Å². The molecule has 16 amide bonds. The number of hydrogen-bond donors (Lipinski definition) is 26. The number of nitrogens with zero attached hydrogens (tertiary/aromatic N) is 1. The normalized spacial score (nSPS) is 15.5. The van der Waals surface area contributed by atoms with Crippen LogP contribution in [0.3, 0.4) is 0 Å². The Morgan fingerprint density at radius 3 is 1.15 bits per heavy atom. The third kappa shape index (κ3) is 33.2. The number of benzene rings is 2. The van der Waals surface area contributed by atoms with E-state index in [0.717, 1.165) is 6.92 Å². The Kier molecular flexibility index (Phi) is 43.0. The Hall–Kier alpha value is -11.5. The van der Waals surface area contributed by atoms with Crippen molar-refractivity contribution < 1.29 is 86.9 Å². The minimum absolute atomic E-state index is 0.0130. The van der Waals surface area contributed by atoms with Gasteiger partial charge in [0.15, 0.2) is 5.96 Å². The number of aromatic amines is 2. The summed E-state index contributed by atoms with van der Waals surface area (Å²) < 4.78 is 0. The molecule has 0 bridgehead atoms. The van der Waals surface area contributed by atoms with Crippen LogP contribution in [0.4, 0.5) is 0 Å². The van der Waals surface area contributed by atoms with Gasteiger partial charge in [-0.2, -0.15) is 12.6 Å². The molecule has 0 aliphatic rings. The number of guanidine groups is 1. The third-order valence-corrected chi connectivity index (χ3v) is 20.6. The number of hydrogen-bond acceptors (Lipinski definition) is 23.